The number of carbonyl (C=O) groups is 2. The van der Waals surface area contributed by atoms with Crippen LogP contribution in [0.15, 0.2) is 122 Å². The lowest BCUT2D eigenvalue weighted by atomic mass is 10.2. The van der Waals surface area contributed by atoms with Crippen molar-refractivity contribution in [1.82, 2.24) is 0 Å². The molecule has 2 nitrogen and oxygen atoms in total. The average Bonchev–Trinajstić information content (AvgIpc) is 3.03. The van der Waals surface area contributed by atoms with Crippen LogP contribution < -0.4 is 0 Å². The molecule has 0 fully saturated rings. The maximum absolute atomic E-state index is 10.8. The van der Waals surface area contributed by atoms with E-state index < -0.39 is 0 Å². The molecular formula is C43H68O2S2. The second-order valence-corrected chi connectivity index (χ2v) is 12.7. The lowest BCUT2D eigenvalue weighted by Crippen LogP contribution is -1.93. The van der Waals surface area contributed by atoms with Crippen LogP contribution in [0.3, 0.4) is 0 Å². The highest BCUT2D eigenvalue weighted by Gasteiger charge is 1.91. The summed E-state index contributed by atoms with van der Waals surface area (Å²) in [4.78, 5) is 21.5. The third-order valence-corrected chi connectivity index (χ3v) is 7.97. The summed E-state index contributed by atoms with van der Waals surface area (Å²) in [7, 11) is 0. The molecular weight excluding hydrogens is 613 g/mol. The first-order valence-corrected chi connectivity index (χ1v) is 19.5. The van der Waals surface area contributed by atoms with E-state index in [1.165, 1.54) is 0 Å². The molecule has 4 heteroatoms. The summed E-state index contributed by atoms with van der Waals surface area (Å²) in [5.41, 5.74) is 0. The number of allylic oxidation sites excluding steroid dienone is 19. The predicted octanol–water partition coefficient (Wildman–Crippen LogP) is 13.5. The van der Waals surface area contributed by atoms with E-state index in [1.54, 1.807) is 37.4 Å². The molecule has 0 saturated carbocycles. The van der Waals surface area contributed by atoms with Crippen LogP contribution in [-0.2, 0) is 9.59 Å². The zero-order valence-corrected chi connectivity index (χ0v) is 31.1. The third kappa shape index (κ3) is 53.2. The molecule has 0 bridgehead atoms. The van der Waals surface area contributed by atoms with Crippen LogP contribution in [0.2, 0.25) is 0 Å². The molecule has 0 atom stereocenters. The minimum Gasteiger partial charge on any atom is -0.299 e. The molecule has 0 aromatic carbocycles. The molecule has 47 heavy (non-hydrogen) atoms. The summed E-state index contributed by atoms with van der Waals surface area (Å²) in [6.45, 7) is 7.59. The fourth-order valence-corrected chi connectivity index (χ4v) is 4.89. The lowest BCUT2D eigenvalue weighted by Gasteiger charge is -1.93. The zero-order chi connectivity index (χ0) is 34.0. The fraction of sp³-hybridized carbons (Fsp3) is 0.488. The van der Waals surface area contributed by atoms with Crippen molar-refractivity contribution in [3.63, 3.8) is 0 Å². The minimum atomic E-state index is 0. The van der Waals surface area contributed by atoms with Crippen molar-refractivity contribution in [3.8, 4) is 0 Å². The minimum absolute atomic E-state index is 0. The number of ketones is 2. The number of hydrogen-bond acceptors (Lipinski definition) is 4. The summed E-state index contributed by atoms with van der Waals surface area (Å²) in [5.74, 6) is 3.76. The molecule has 0 spiro atoms. The number of thioether (sulfide) groups is 2. The van der Waals surface area contributed by atoms with E-state index in [2.05, 4.69) is 135 Å². The van der Waals surface area contributed by atoms with Gasteiger partial charge in [0.2, 0.25) is 0 Å². The first kappa shape index (κ1) is 48.8. The number of rotatable bonds is 28. The van der Waals surface area contributed by atoms with Crippen LogP contribution in [-0.4, -0.2) is 34.6 Å². The van der Waals surface area contributed by atoms with Crippen molar-refractivity contribution in [2.75, 3.05) is 23.0 Å². The molecule has 264 valence electrons. The van der Waals surface area contributed by atoms with Gasteiger partial charge >= 0.3 is 0 Å². The van der Waals surface area contributed by atoms with E-state index in [9.17, 15) is 9.59 Å². The van der Waals surface area contributed by atoms with Crippen molar-refractivity contribution in [2.45, 2.75) is 112 Å². The average molecular weight is 681 g/mol. The van der Waals surface area contributed by atoms with Crippen molar-refractivity contribution in [3.05, 3.63) is 122 Å². The summed E-state index contributed by atoms with van der Waals surface area (Å²) in [6, 6.07) is 0. The van der Waals surface area contributed by atoms with Crippen LogP contribution in [0.4, 0.5) is 0 Å². The van der Waals surface area contributed by atoms with Gasteiger partial charge in [0.15, 0.2) is 0 Å². The van der Waals surface area contributed by atoms with Gasteiger partial charge in [0.25, 0.3) is 0 Å². The molecule has 0 unspecified atom stereocenters. The summed E-state index contributed by atoms with van der Waals surface area (Å²) < 4.78 is 0. The Balaban J connectivity index is -0.000000807. The molecule has 0 aromatic rings. The van der Waals surface area contributed by atoms with Gasteiger partial charge in [-0.15, -0.1) is 11.8 Å². The Morgan fingerprint density at radius 3 is 1.06 bits per heavy atom. The molecule has 0 saturated heterocycles. The Morgan fingerprint density at radius 2 is 0.702 bits per heavy atom. The lowest BCUT2D eigenvalue weighted by molar-refractivity contribution is -0.115. The number of unbranched alkanes of at least 4 members (excludes halogenated alkanes) is 1. The van der Waals surface area contributed by atoms with Gasteiger partial charge in [-0.25, -0.2) is 0 Å². The second-order valence-electron chi connectivity index (χ2n) is 10.5. The number of hydrogen-bond donors (Lipinski definition) is 0. The SMILES string of the molecule is C.CC/C=C\C/C=C\C/C=C\C/C=C\C/C=C\CCSCC(C)=O.CC/C=C\C/C=C\C/C=C\C/C=C\CC/C=C/CSCC(C)=O. The molecule has 0 aliphatic heterocycles. The number of Topliss-reactive ketones (excluding diaryl/α,β-unsaturated/α-hetero) is 2. The first-order chi connectivity index (χ1) is 22.5. The Bertz CT molecular complexity index is 987. The first-order valence-electron chi connectivity index (χ1n) is 17.2. The Labute approximate surface area is 300 Å². The molecule has 0 heterocycles. The molecule has 0 N–H and O–H groups in total. The quantitative estimate of drug-likeness (QED) is 0.0608. The monoisotopic (exact) mass is 680 g/mol. The van der Waals surface area contributed by atoms with Gasteiger partial charge in [-0.05, 0) is 96.7 Å². The normalized spacial score (nSPS) is 12.5. The van der Waals surface area contributed by atoms with Crippen molar-refractivity contribution >= 4 is 35.1 Å². The standard InChI is InChI=1S/2C21H32OS.CH4/c2*1-3-4-5-6-7-8-9-10-11-12-13-14-15-16-17-18-19-23-20-21(2)22;/h4-5,7-8,10-11,13-14,17-18H,3,6,9,12,15-16,19-20H2,1-2H3;4-5,7-8,10-11,13-14,16-17H,3,6,9,12,15,18-20H2,1-2H3;1H4/b5-4-,8-7-,11-10-,14-13-,18-17+;5-4-,8-7-,11-10-,14-13-,17-16-;. The van der Waals surface area contributed by atoms with E-state index in [1.807, 2.05) is 0 Å². The molecule has 0 aliphatic rings. The fourth-order valence-electron chi connectivity index (χ4n) is 3.48. The second kappa shape index (κ2) is 45.6. The topological polar surface area (TPSA) is 34.1 Å². The van der Waals surface area contributed by atoms with E-state index in [0.29, 0.717) is 11.5 Å². The maximum atomic E-state index is 10.8. The van der Waals surface area contributed by atoms with Crippen LogP contribution in [0.1, 0.15) is 112 Å². The highest BCUT2D eigenvalue weighted by Crippen LogP contribution is 2.04. The van der Waals surface area contributed by atoms with Gasteiger partial charge in [0.1, 0.15) is 11.6 Å². The molecule has 0 rings (SSSR count). The van der Waals surface area contributed by atoms with Crippen molar-refractivity contribution in [1.29, 1.82) is 0 Å². The zero-order valence-electron chi connectivity index (χ0n) is 29.5. The van der Waals surface area contributed by atoms with E-state index >= 15 is 0 Å². The third-order valence-electron chi connectivity index (χ3n) is 5.80. The molecule has 0 amide bonds. The highest BCUT2D eigenvalue weighted by atomic mass is 32.2. The van der Waals surface area contributed by atoms with Gasteiger partial charge in [0.05, 0.1) is 11.5 Å². The van der Waals surface area contributed by atoms with E-state index in [-0.39, 0.29) is 19.0 Å². The van der Waals surface area contributed by atoms with Gasteiger partial charge in [-0.2, -0.15) is 11.8 Å². The predicted molar refractivity (Wildman–Crippen MR) is 221 cm³/mol. The van der Waals surface area contributed by atoms with Crippen LogP contribution in [0.5, 0.6) is 0 Å². The summed E-state index contributed by atoms with van der Waals surface area (Å²) in [5, 5.41) is 0. The van der Waals surface area contributed by atoms with Gasteiger partial charge in [0, 0.05) is 5.75 Å². The molecule has 0 aromatic heterocycles. The Kier molecular flexibility index (Phi) is 47.3. The van der Waals surface area contributed by atoms with Crippen LogP contribution in [0.25, 0.3) is 0 Å². The van der Waals surface area contributed by atoms with Crippen molar-refractivity contribution < 1.29 is 9.59 Å². The Hall–Kier alpha value is -2.56. The Morgan fingerprint density at radius 1 is 0.404 bits per heavy atom. The van der Waals surface area contributed by atoms with Crippen molar-refractivity contribution in [2.24, 2.45) is 0 Å². The van der Waals surface area contributed by atoms with Gasteiger partial charge < -0.3 is 0 Å². The smallest absolute Gasteiger partial charge is 0.139 e. The van der Waals surface area contributed by atoms with Gasteiger partial charge in [-0.1, -0.05) is 143 Å². The maximum Gasteiger partial charge on any atom is 0.139 e. The summed E-state index contributed by atoms with van der Waals surface area (Å²) >= 11 is 3.39. The van der Waals surface area contributed by atoms with E-state index in [4.69, 9.17) is 0 Å². The molecule has 0 radical (unpaired) electrons. The molecule has 0 aliphatic carbocycles. The van der Waals surface area contributed by atoms with Crippen LogP contribution >= 0.6 is 23.5 Å². The highest BCUT2D eigenvalue weighted by molar-refractivity contribution is 8.00. The largest absolute Gasteiger partial charge is 0.299 e. The number of carbonyl (C=O) groups excluding carboxylic acids is 2. The van der Waals surface area contributed by atoms with Crippen LogP contribution in [0, 0.1) is 0 Å². The van der Waals surface area contributed by atoms with E-state index in [0.717, 1.165) is 88.6 Å². The summed E-state index contributed by atoms with van der Waals surface area (Å²) in [6.07, 6.45) is 56.8. The van der Waals surface area contributed by atoms with Gasteiger partial charge in [-0.3, -0.25) is 9.59 Å².